The van der Waals surface area contributed by atoms with E-state index in [1.54, 1.807) is 0 Å². The Morgan fingerprint density at radius 3 is 0.769 bits per heavy atom. The van der Waals surface area contributed by atoms with E-state index in [1.807, 2.05) is 0 Å². The molecule has 0 radical (unpaired) electrons. The van der Waals surface area contributed by atoms with Gasteiger partial charge < -0.3 is 64.6 Å². The van der Waals surface area contributed by atoms with E-state index in [0.717, 1.165) is 30.6 Å². The molecule has 0 aliphatic rings. The summed E-state index contributed by atoms with van der Waals surface area (Å²) in [5.74, 6) is -7.41. The SMILES string of the molecule is CC(=O)O.CC(=O)O.CC(=O)O.N.N.NCC(N)O.O=C(O)CN(CCN(CC(=O)O)CC(=O)O)CC(=O)O. The average molecular weight is 583 g/mol. The number of nitrogens with two attached hydrogens (primary N) is 2. The Balaban J connectivity index is -0.0000000880. The van der Waals surface area contributed by atoms with Crippen LogP contribution in [0.4, 0.5) is 0 Å². The van der Waals surface area contributed by atoms with Crippen LogP contribution in [0.25, 0.3) is 0 Å². The molecular formula is C18H42N6O15. The zero-order valence-electron chi connectivity index (χ0n) is 21.9. The van der Waals surface area contributed by atoms with Crippen molar-refractivity contribution >= 4 is 41.8 Å². The van der Waals surface area contributed by atoms with Crippen molar-refractivity contribution in [1.82, 2.24) is 22.1 Å². The molecule has 1 atom stereocenters. The first-order valence-corrected chi connectivity index (χ1v) is 9.71. The average Bonchev–Trinajstić information content (AvgIpc) is 2.63. The Bertz CT molecular complexity index is 598. The number of carboxylic acids is 7. The van der Waals surface area contributed by atoms with Gasteiger partial charge in [-0.1, -0.05) is 0 Å². The number of carbonyl (C=O) groups is 7. The lowest BCUT2D eigenvalue weighted by Gasteiger charge is -2.23. The molecular weight excluding hydrogens is 540 g/mol. The first-order valence-electron chi connectivity index (χ1n) is 9.71. The summed E-state index contributed by atoms with van der Waals surface area (Å²) in [5, 5.41) is 64.7. The van der Waals surface area contributed by atoms with Gasteiger partial charge in [-0.3, -0.25) is 43.4 Å². The molecule has 0 aliphatic heterocycles. The van der Waals surface area contributed by atoms with Crippen molar-refractivity contribution in [3.05, 3.63) is 0 Å². The van der Waals surface area contributed by atoms with E-state index in [9.17, 15) is 19.2 Å². The molecule has 0 rings (SSSR count). The van der Waals surface area contributed by atoms with Gasteiger partial charge in [0.2, 0.25) is 0 Å². The Morgan fingerprint density at radius 1 is 0.564 bits per heavy atom. The van der Waals surface area contributed by atoms with Gasteiger partial charge in [0.25, 0.3) is 17.9 Å². The summed E-state index contributed by atoms with van der Waals surface area (Å²) in [4.78, 5) is 71.4. The topological polar surface area (TPSA) is 410 Å². The molecule has 0 saturated carbocycles. The van der Waals surface area contributed by atoms with E-state index in [0.29, 0.717) is 0 Å². The van der Waals surface area contributed by atoms with E-state index < -0.39 is 74.2 Å². The van der Waals surface area contributed by atoms with Crippen LogP contribution in [0, 0.1) is 0 Å². The zero-order chi connectivity index (χ0) is 30.7. The van der Waals surface area contributed by atoms with Crippen LogP contribution in [0.15, 0.2) is 0 Å². The van der Waals surface area contributed by atoms with Gasteiger partial charge in [0.1, 0.15) is 6.23 Å². The van der Waals surface area contributed by atoms with Crippen LogP contribution in [0.2, 0.25) is 0 Å². The van der Waals surface area contributed by atoms with Crippen LogP contribution < -0.4 is 23.8 Å². The Labute approximate surface area is 223 Å². The lowest BCUT2D eigenvalue weighted by Crippen LogP contribution is -2.43. The first-order chi connectivity index (χ1) is 16.7. The summed E-state index contributed by atoms with van der Waals surface area (Å²) < 4.78 is 0. The third-order valence-electron chi connectivity index (χ3n) is 2.41. The molecule has 39 heavy (non-hydrogen) atoms. The Hall–Kier alpha value is -3.99. The highest BCUT2D eigenvalue weighted by Gasteiger charge is 2.18. The predicted molar refractivity (Wildman–Crippen MR) is 133 cm³/mol. The van der Waals surface area contributed by atoms with Crippen LogP contribution in [0.3, 0.4) is 0 Å². The van der Waals surface area contributed by atoms with Crippen molar-refractivity contribution in [2.75, 3.05) is 45.8 Å². The van der Waals surface area contributed by atoms with Crippen molar-refractivity contribution in [1.29, 1.82) is 0 Å². The van der Waals surface area contributed by atoms with Crippen molar-refractivity contribution in [3.63, 3.8) is 0 Å². The van der Waals surface area contributed by atoms with Crippen molar-refractivity contribution < 1.29 is 74.4 Å². The zero-order valence-corrected chi connectivity index (χ0v) is 21.9. The largest absolute Gasteiger partial charge is 0.481 e. The third kappa shape index (κ3) is 96.4. The highest BCUT2D eigenvalue weighted by atomic mass is 16.4. The molecule has 0 spiro atoms. The Morgan fingerprint density at radius 2 is 0.692 bits per heavy atom. The standard InChI is InChI=1S/C10H16N2O8.C2H8N2O.3C2H4O2.2H3N/c13-7(14)3-11(4-8(15)16)1-2-12(5-9(17)18)6-10(19)20;3-1-2(4)5;3*1-2(3)4;;/h1-6H2,(H,13,14)(H,15,16)(H,17,18)(H,19,20);2,5H,1,3-4H2;3*1H3,(H,3,4);2*1H3. The fourth-order valence-corrected chi connectivity index (χ4v) is 1.48. The molecule has 21 heteroatoms. The lowest BCUT2D eigenvalue weighted by molar-refractivity contribution is -0.145. The summed E-state index contributed by atoms with van der Waals surface area (Å²) in [5.41, 5.74) is 9.52. The third-order valence-corrected chi connectivity index (χ3v) is 2.41. The maximum Gasteiger partial charge on any atom is 0.317 e. The van der Waals surface area contributed by atoms with E-state index in [4.69, 9.17) is 66.7 Å². The van der Waals surface area contributed by atoms with Crippen molar-refractivity contribution in [3.8, 4) is 0 Å². The predicted octanol–water partition coefficient (Wildman–Crippen LogP) is -3.25. The number of rotatable bonds is 12. The number of hydrogen-bond donors (Lipinski definition) is 12. The van der Waals surface area contributed by atoms with Crippen LogP contribution in [0.5, 0.6) is 0 Å². The second-order valence-electron chi connectivity index (χ2n) is 6.36. The van der Waals surface area contributed by atoms with Crippen molar-refractivity contribution in [2.45, 2.75) is 27.0 Å². The highest BCUT2D eigenvalue weighted by Crippen LogP contribution is 1.94. The monoisotopic (exact) mass is 582 g/mol. The van der Waals surface area contributed by atoms with E-state index in [1.165, 1.54) is 0 Å². The fourth-order valence-electron chi connectivity index (χ4n) is 1.48. The normalized spacial score (nSPS) is 9.33. The maximum atomic E-state index is 10.6. The smallest absolute Gasteiger partial charge is 0.317 e. The molecule has 18 N–H and O–H groups in total. The van der Waals surface area contributed by atoms with E-state index in [2.05, 4.69) is 0 Å². The quantitative estimate of drug-likeness (QED) is 0.100. The minimum Gasteiger partial charge on any atom is -0.481 e. The molecule has 0 aromatic carbocycles. The summed E-state index contributed by atoms with van der Waals surface area (Å²) in [6.45, 7) is 1.14. The number of aliphatic hydroxyl groups is 1. The summed E-state index contributed by atoms with van der Waals surface area (Å²) in [6.07, 6.45) is -0.838. The number of carboxylic acid groups (broad SMARTS) is 7. The summed E-state index contributed by atoms with van der Waals surface area (Å²) >= 11 is 0. The number of hydrogen-bond acceptors (Lipinski definition) is 14. The molecule has 0 heterocycles. The van der Waals surface area contributed by atoms with Crippen molar-refractivity contribution in [2.24, 2.45) is 11.5 Å². The molecule has 0 aliphatic carbocycles. The maximum absolute atomic E-state index is 10.6. The number of aliphatic carboxylic acids is 7. The van der Waals surface area contributed by atoms with Gasteiger partial charge in [-0.05, 0) is 0 Å². The van der Waals surface area contributed by atoms with Gasteiger partial charge in [0.15, 0.2) is 0 Å². The molecule has 0 aromatic rings. The first kappa shape index (κ1) is 51.6. The summed E-state index contributed by atoms with van der Waals surface area (Å²) in [7, 11) is 0. The van der Waals surface area contributed by atoms with Gasteiger partial charge in [-0.2, -0.15) is 0 Å². The van der Waals surface area contributed by atoms with E-state index in [-0.39, 0.29) is 31.9 Å². The van der Waals surface area contributed by atoms with Crippen LogP contribution >= 0.6 is 0 Å². The van der Waals surface area contributed by atoms with Gasteiger partial charge in [-0.15, -0.1) is 0 Å². The molecule has 0 fully saturated rings. The molecule has 1 unspecified atom stereocenters. The second kappa shape index (κ2) is 34.0. The van der Waals surface area contributed by atoms with Gasteiger partial charge >= 0.3 is 23.9 Å². The fraction of sp³-hybridized carbons (Fsp3) is 0.611. The molecule has 234 valence electrons. The van der Waals surface area contributed by atoms with Gasteiger partial charge in [0, 0.05) is 40.4 Å². The molecule has 0 saturated heterocycles. The number of nitrogens with zero attached hydrogens (tertiary/aromatic N) is 2. The number of aliphatic hydroxyl groups excluding tert-OH is 1. The molecule has 0 bridgehead atoms. The van der Waals surface area contributed by atoms with E-state index >= 15 is 0 Å². The molecule has 21 nitrogen and oxygen atoms in total. The van der Waals surface area contributed by atoms with Crippen LogP contribution in [0.1, 0.15) is 20.8 Å². The highest BCUT2D eigenvalue weighted by molar-refractivity contribution is 5.73. The van der Waals surface area contributed by atoms with Crippen LogP contribution in [-0.2, 0) is 33.6 Å². The van der Waals surface area contributed by atoms with Crippen LogP contribution in [-0.4, -0.2) is 144 Å². The minimum absolute atomic E-state index is 0. The molecule has 0 amide bonds. The van der Waals surface area contributed by atoms with Gasteiger partial charge in [-0.25, -0.2) is 0 Å². The minimum atomic E-state index is -1.23. The van der Waals surface area contributed by atoms with Gasteiger partial charge in [0.05, 0.1) is 26.2 Å². The Kier molecular flexibility index (Phi) is 45.0. The molecule has 0 aromatic heterocycles. The second-order valence-corrected chi connectivity index (χ2v) is 6.36. The summed E-state index contributed by atoms with van der Waals surface area (Å²) in [6, 6.07) is 0. The lowest BCUT2D eigenvalue weighted by atomic mass is 10.4.